The van der Waals surface area contributed by atoms with Crippen LogP contribution >= 0.6 is 0 Å². The fourth-order valence-corrected chi connectivity index (χ4v) is 3.25. The lowest BCUT2D eigenvalue weighted by molar-refractivity contribution is -0.0667. The molecule has 1 aromatic heterocycles. The van der Waals surface area contributed by atoms with Gasteiger partial charge in [-0.1, -0.05) is 38.1 Å². The number of rotatable bonds is 3. The van der Waals surface area contributed by atoms with Gasteiger partial charge in [-0.3, -0.25) is 4.98 Å². The summed E-state index contributed by atoms with van der Waals surface area (Å²) in [6.07, 6.45) is 1.87. The largest absolute Gasteiger partial charge is 0.356 e. The van der Waals surface area contributed by atoms with Crippen LogP contribution in [0.25, 0.3) is 10.8 Å². The van der Waals surface area contributed by atoms with Gasteiger partial charge in [0.1, 0.15) is 0 Å². The van der Waals surface area contributed by atoms with E-state index in [9.17, 15) is 0 Å². The molecule has 0 spiro atoms. The van der Waals surface area contributed by atoms with Gasteiger partial charge in [-0.15, -0.1) is 0 Å². The highest BCUT2D eigenvalue weighted by molar-refractivity contribution is 5.85. The van der Waals surface area contributed by atoms with Gasteiger partial charge < -0.3 is 10.2 Å². The number of hydrogen-bond donors (Lipinski definition) is 1. The first kappa shape index (κ1) is 16.7. The Labute approximate surface area is 145 Å². The standard InChI is InChI=1S/C20H28N4/c1-6-21-18(24-14-19(2,3)20(24,4)5)23-13-17-16-10-8-7-9-15(16)11-12-22-17/h7-12H,6,13-14H2,1-5H3,(H,21,23). The normalized spacial score (nSPS) is 19.2. The van der Waals surface area contributed by atoms with Gasteiger partial charge in [0, 0.05) is 35.6 Å². The molecule has 24 heavy (non-hydrogen) atoms. The van der Waals surface area contributed by atoms with E-state index in [1.807, 2.05) is 6.20 Å². The summed E-state index contributed by atoms with van der Waals surface area (Å²) in [5, 5.41) is 5.84. The zero-order valence-corrected chi connectivity index (χ0v) is 15.4. The third-order valence-electron chi connectivity index (χ3n) is 5.61. The van der Waals surface area contributed by atoms with Crippen LogP contribution in [0.4, 0.5) is 0 Å². The van der Waals surface area contributed by atoms with Crippen LogP contribution in [0.1, 0.15) is 40.3 Å². The Balaban J connectivity index is 1.87. The summed E-state index contributed by atoms with van der Waals surface area (Å²) in [6.45, 7) is 13.8. The van der Waals surface area contributed by atoms with Crippen LogP contribution in [0.15, 0.2) is 41.5 Å². The molecule has 128 valence electrons. The van der Waals surface area contributed by atoms with Crippen molar-refractivity contribution < 1.29 is 0 Å². The maximum atomic E-state index is 4.89. The molecule has 1 saturated heterocycles. The molecule has 1 aromatic carbocycles. The summed E-state index contributed by atoms with van der Waals surface area (Å²) in [5.41, 5.74) is 1.42. The first-order valence-corrected chi connectivity index (χ1v) is 8.75. The topological polar surface area (TPSA) is 40.5 Å². The summed E-state index contributed by atoms with van der Waals surface area (Å²) in [7, 11) is 0. The lowest BCUT2D eigenvalue weighted by Crippen LogP contribution is -2.72. The van der Waals surface area contributed by atoms with E-state index in [1.165, 1.54) is 10.8 Å². The van der Waals surface area contributed by atoms with E-state index >= 15 is 0 Å². The van der Waals surface area contributed by atoms with Crippen LogP contribution in [0.2, 0.25) is 0 Å². The fraction of sp³-hybridized carbons (Fsp3) is 0.500. The number of fused-ring (bicyclic) bond motifs is 1. The lowest BCUT2D eigenvalue weighted by atomic mass is 9.65. The van der Waals surface area contributed by atoms with Gasteiger partial charge in [0.25, 0.3) is 0 Å². The van der Waals surface area contributed by atoms with E-state index in [0.29, 0.717) is 12.0 Å². The molecule has 0 amide bonds. The smallest absolute Gasteiger partial charge is 0.194 e. The summed E-state index contributed by atoms with van der Waals surface area (Å²) in [6, 6.07) is 10.4. The number of hydrogen-bond acceptors (Lipinski definition) is 2. The lowest BCUT2D eigenvalue weighted by Gasteiger charge is -2.62. The van der Waals surface area contributed by atoms with E-state index in [-0.39, 0.29) is 5.54 Å². The van der Waals surface area contributed by atoms with Gasteiger partial charge in [0.05, 0.1) is 12.2 Å². The summed E-state index contributed by atoms with van der Waals surface area (Å²) < 4.78 is 0. The molecule has 0 aliphatic carbocycles. The molecule has 2 aromatic rings. The molecular formula is C20H28N4. The molecule has 4 heteroatoms. The molecular weight excluding hydrogens is 296 g/mol. The molecule has 1 aliphatic rings. The van der Waals surface area contributed by atoms with Crippen molar-refractivity contribution in [2.45, 2.75) is 46.7 Å². The number of aliphatic imine (C=N–C) groups is 1. The Bertz CT molecular complexity index is 756. The van der Waals surface area contributed by atoms with E-state index in [2.05, 4.69) is 80.2 Å². The van der Waals surface area contributed by atoms with Gasteiger partial charge in [-0.25, -0.2) is 4.99 Å². The first-order chi connectivity index (χ1) is 11.4. The van der Waals surface area contributed by atoms with Crippen molar-refractivity contribution >= 4 is 16.7 Å². The number of likely N-dealkylation sites (tertiary alicyclic amines) is 1. The number of guanidine groups is 1. The Morgan fingerprint density at radius 2 is 1.96 bits per heavy atom. The highest BCUT2D eigenvalue weighted by atomic mass is 15.4. The summed E-state index contributed by atoms with van der Waals surface area (Å²) >= 11 is 0. The zero-order chi connectivity index (χ0) is 17.4. The van der Waals surface area contributed by atoms with Gasteiger partial charge >= 0.3 is 0 Å². The van der Waals surface area contributed by atoms with Crippen LogP contribution in [0, 0.1) is 5.41 Å². The van der Waals surface area contributed by atoms with E-state index in [1.54, 1.807) is 0 Å². The third kappa shape index (κ3) is 2.74. The number of benzene rings is 1. The van der Waals surface area contributed by atoms with Crippen molar-refractivity contribution in [3.8, 4) is 0 Å². The van der Waals surface area contributed by atoms with E-state index in [0.717, 1.165) is 24.7 Å². The number of nitrogens with one attached hydrogen (secondary N) is 1. The Morgan fingerprint density at radius 3 is 2.62 bits per heavy atom. The number of nitrogens with zero attached hydrogens (tertiary/aromatic N) is 3. The Hall–Kier alpha value is -2.10. The van der Waals surface area contributed by atoms with Gasteiger partial charge in [-0.2, -0.15) is 0 Å². The predicted octanol–water partition coefficient (Wildman–Crippen LogP) is 3.82. The highest BCUT2D eigenvalue weighted by Crippen LogP contribution is 2.46. The molecule has 0 saturated carbocycles. The zero-order valence-electron chi connectivity index (χ0n) is 15.4. The van der Waals surface area contributed by atoms with Crippen molar-refractivity contribution in [3.63, 3.8) is 0 Å². The number of pyridine rings is 1. The second kappa shape index (κ2) is 6.08. The minimum Gasteiger partial charge on any atom is -0.356 e. The third-order valence-corrected chi connectivity index (χ3v) is 5.61. The molecule has 3 rings (SSSR count). The van der Waals surface area contributed by atoms with E-state index in [4.69, 9.17) is 4.99 Å². The summed E-state index contributed by atoms with van der Waals surface area (Å²) in [4.78, 5) is 11.8. The average molecular weight is 324 g/mol. The highest BCUT2D eigenvalue weighted by Gasteiger charge is 2.53. The second-order valence-electron chi connectivity index (χ2n) is 7.68. The minimum absolute atomic E-state index is 0.0974. The van der Waals surface area contributed by atoms with Crippen LogP contribution in [-0.2, 0) is 6.54 Å². The first-order valence-electron chi connectivity index (χ1n) is 8.75. The van der Waals surface area contributed by atoms with Gasteiger partial charge in [-0.05, 0) is 32.2 Å². The maximum Gasteiger partial charge on any atom is 0.194 e. The molecule has 1 fully saturated rings. The van der Waals surface area contributed by atoms with Crippen molar-refractivity contribution in [2.24, 2.45) is 10.4 Å². The molecule has 4 nitrogen and oxygen atoms in total. The SMILES string of the molecule is CCNC(=NCc1nccc2ccccc12)N1CC(C)(C)C1(C)C. The van der Waals surface area contributed by atoms with E-state index < -0.39 is 0 Å². The van der Waals surface area contributed by atoms with Crippen LogP contribution < -0.4 is 5.32 Å². The minimum atomic E-state index is 0.0974. The fourth-order valence-electron chi connectivity index (χ4n) is 3.25. The van der Waals surface area contributed by atoms with Crippen LogP contribution in [0.3, 0.4) is 0 Å². The molecule has 0 bridgehead atoms. The number of aromatic nitrogens is 1. The molecule has 1 aliphatic heterocycles. The predicted molar refractivity (Wildman–Crippen MR) is 101 cm³/mol. The molecule has 2 heterocycles. The maximum absolute atomic E-state index is 4.89. The molecule has 0 radical (unpaired) electrons. The Morgan fingerprint density at radius 1 is 1.21 bits per heavy atom. The summed E-state index contributed by atoms with van der Waals surface area (Å²) in [5.74, 6) is 0.983. The van der Waals surface area contributed by atoms with Crippen molar-refractivity contribution in [1.82, 2.24) is 15.2 Å². The van der Waals surface area contributed by atoms with Crippen molar-refractivity contribution in [2.75, 3.05) is 13.1 Å². The molecule has 1 N–H and O–H groups in total. The Kier molecular flexibility index (Phi) is 4.24. The second-order valence-corrected chi connectivity index (χ2v) is 7.68. The monoisotopic (exact) mass is 324 g/mol. The van der Waals surface area contributed by atoms with Gasteiger partial charge in [0.2, 0.25) is 0 Å². The quantitative estimate of drug-likeness (QED) is 0.689. The molecule has 0 atom stereocenters. The van der Waals surface area contributed by atoms with Gasteiger partial charge in [0.15, 0.2) is 5.96 Å². The molecule has 0 unspecified atom stereocenters. The van der Waals surface area contributed by atoms with Crippen LogP contribution in [0.5, 0.6) is 0 Å². The van der Waals surface area contributed by atoms with Crippen molar-refractivity contribution in [3.05, 3.63) is 42.2 Å². The van der Waals surface area contributed by atoms with Crippen molar-refractivity contribution in [1.29, 1.82) is 0 Å². The van der Waals surface area contributed by atoms with Crippen LogP contribution in [-0.4, -0.2) is 34.5 Å². The average Bonchev–Trinajstić information content (AvgIpc) is 2.56.